The molecule has 3 rings (SSSR count). The Kier molecular flexibility index (Phi) is 4.57. The number of rotatable bonds is 6. The molecule has 1 atom stereocenters. The summed E-state index contributed by atoms with van der Waals surface area (Å²) in [6.45, 7) is 0. The third-order valence-electron chi connectivity index (χ3n) is 2.99. The van der Waals surface area contributed by atoms with Crippen LogP contribution in [0.4, 0.5) is 0 Å². The van der Waals surface area contributed by atoms with Gasteiger partial charge < -0.3 is 4.52 Å². The van der Waals surface area contributed by atoms with E-state index in [2.05, 4.69) is 10.1 Å². The Morgan fingerprint density at radius 1 is 1.19 bits per heavy atom. The Morgan fingerprint density at radius 3 is 2.81 bits per heavy atom. The van der Waals surface area contributed by atoms with Gasteiger partial charge in [-0.05, 0) is 23.4 Å². The maximum atomic E-state index is 12.1. The summed E-state index contributed by atoms with van der Waals surface area (Å²) in [5, 5.41) is 7.84. The fourth-order valence-corrected chi connectivity index (χ4v) is 3.54. The van der Waals surface area contributed by atoms with Crippen LogP contribution in [0.3, 0.4) is 0 Å². The first-order valence-corrected chi connectivity index (χ1v) is 8.98. The predicted molar refractivity (Wildman–Crippen MR) is 84.5 cm³/mol. The molecule has 0 amide bonds. The molecule has 1 aromatic carbocycles. The van der Waals surface area contributed by atoms with Gasteiger partial charge in [0.1, 0.15) is 5.75 Å². The summed E-state index contributed by atoms with van der Waals surface area (Å²) >= 11 is 1.58. The molecule has 0 aliphatic rings. The van der Waals surface area contributed by atoms with Gasteiger partial charge in [0.2, 0.25) is 11.7 Å². The summed E-state index contributed by atoms with van der Waals surface area (Å²) in [7, 11) is -0.999. The van der Waals surface area contributed by atoms with E-state index < -0.39 is 10.8 Å². The molecule has 0 spiro atoms. The van der Waals surface area contributed by atoms with E-state index in [1.165, 1.54) is 5.56 Å². The highest BCUT2D eigenvalue weighted by Crippen LogP contribution is 2.19. The van der Waals surface area contributed by atoms with Crippen molar-refractivity contribution in [3.8, 4) is 11.4 Å². The van der Waals surface area contributed by atoms with Crippen LogP contribution in [-0.2, 0) is 23.0 Å². The van der Waals surface area contributed by atoms with Gasteiger partial charge in [-0.2, -0.15) is 16.3 Å². The van der Waals surface area contributed by atoms with Gasteiger partial charge in [0.15, 0.2) is 0 Å². The second-order valence-electron chi connectivity index (χ2n) is 4.55. The monoisotopic (exact) mass is 318 g/mol. The normalized spacial score (nSPS) is 12.4. The Hall–Kier alpha value is -1.79. The molecule has 0 aliphatic heterocycles. The predicted octanol–water partition coefficient (Wildman–Crippen LogP) is 3.29. The number of benzene rings is 1. The zero-order valence-corrected chi connectivity index (χ0v) is 12.9. The third-order valence-corrected chi connectivity index (χ3v) is 4.90. The number of hydrogen-bond donors (Lipinski definition) is 0. The van der Waals surface area contributed by atoms with Crippen molar-refractivity contribution in [1.29, 1.82) is 0 Å². The minimum Gasteiger partial charge on any atom is -0.338 e. The van der Waals surface area contributed by atoms with Gasteiger partial charge in [-0.3, -0.25) is 4.21 Å². The summed E-state index contributed by atoms with van der Waals surface area (Å²) in [4.78, 5) is 4.28. The highest BCUT2D eigenvalue weighted by molar-refractivity contribution is 7.84. The van der Waals surface area contributed by atoms with E-state index in [0.717, 1.165) is 12.0 Å². The van der Waals surface area contributed by atoms with Crippen molar-refractivity contribution in [2.24, 2.45) is 0 Å². The van der Waals surface area contributed by atoms with E-state index in [-0.39, 0.29) is 0 Å². The minimum absolute atomic E-state index is 0.309. The third kappa shape index (κ3) is 3.86. The molecule has 0 radical (unpaired) electrons. The Balaban J connectivity index is 1.55. The SMILES string of the molecule is O=S(CCc1ccccc1)Cc1nc(-c2ccsc2)no1. The van der Waals surface area contributed by atoms with Crippen LogP contribution >= 0.6 is 11.3 Å². The zero-order valence-electron chi connectivity index (χ0n) is 11.3. The Bertz CT molecular complexity index is 708. The molecule has 6 heteroatoms. The maximum absolute atomic E-state index is 12.1. The van der Waals surface area contributed by atoms with Gasteiger partial charge >= 0.3 is 0 Å². The first-order valence-electron chi connectivity index (χ1n) is 6.55. The van der Waals surface area contributed by atoms with Crippen molar-refractivity contribution >= 4 is 22.1 Å². The number of hydrogen-bond acceptors (Lipinski definition) is 5. The van der Waals surface area contributed by atoms with Crippen molar-refractivity contribution in [3.63, 3.8) is 0 Å². The van der Waals surface area contributed by atoms with Gasteiger partial charge in [0.05, 0.1) is 0 Å². The molecule has 0 N–H and O–H groups in total. The average molecular weight is 318 g/mol. The molecular weight excluding hydrogens is 304 g/mol. The van der Waals surface area contributed by atoms with E-state index in [1.54, 1.807) is 11.3 Å². The molecule has 1 unspecified atom stereocenters. The number of nitrogens with zero attached hydrogens (tertiary/aromatic N) is 2. The topological polar surface area (TPSA) is 56.0 Å². The number of thiophene rings is 1. The molecule has 3 aromatic rings. The summed E-state index contributed by atoms with van der Waals surface area (Å²) in [6.07, 6.45) is 0.791. The van der Waals surface area contributed by atoms with Crippen LogP contribution < -0.4 is 0 Å². The first-order chi connectivity index (χ1) is 10.3. The van der Waals surface area contributed by atoms with Crippen LogP contribution in [0.5, 0.6) is 0 Å². The molecule has 0 fully saturated rings. The minimum atomic E-state index is -0.999. The molecule has 108 valence electrons. The Morgan fingerprint density at radius 2 is 2.05 bits per heavy atom. The van der Waals surface area contributed by atoms with Crippen LogP contribution in [0.2, 0.25) is 0 Å². The van der Waals surface area contributed by atoms with E-state index in [9.17, 15) is 4.21 Å². The quantitative estimate of drug-likeness (QED) is 0.700. The first kappa shape index (κ1) is 14.2. The molecule has 21 heavy (non-hydrogen) atoms. The fraction of sp³-hybridized carbons (Fsp3) is 0.200. The van der Waals surface area contributed by atoms with Crippen molar-refractivity contribution in [2.45, 2.75) is 12.2 Å². The lowest BCUT2D eigenvalue weighted by Crippen LogP contribution is -2.04. The van der Waals surface area contributed by atoms with Crippen LogP contribution in [0.25, 0.3) is 11.4 Å². The standard InChI is InChI=1S/C15H14N2O2S2/c18-21(9-7-12-4-2-1-3-5-12)11-14-16-15(17-19-14)13-6-8-20-10-13/h1-6,8,10H,7,9,11H2. The summed E-state index contributed by atoms with van der Waals surface area (Å²) in [5.41, 5.74) is 2.13. The molecule has 0 aliphatic carbocycles. The van der Waals surface area contributed by atoms with Crippen molar-refractivity contribution in [3.05, 3.63) is 58.6 Å². The van der Waals surface area contributed by atoms with Crippen molar-refractivity contribution in [2.75, 3.05) is 5.75 Å². The summed E-state index contributed by atoms with van der Waals surface area (Å²) in [6, 6.07) is 12.0. The second kappa shape index (κ2) is 6.78. The lowest BCUT2D eigenvalue weighted by molar-refractivity contribution is 0.390. The molecule has 2 aromatic heterocycles. The van der Waals surface area contributed by atoms with Crippen LogP contribution in [0.15, 0.2) is 51.7 Å². The van der Waals surface area contributed by atoms with Gasteiger partial charge in [0, 0.05) is 27.5 Å². The summed E-state index contributed by atoms with van der Waals surface area (Å²) in [5.74, 6) is 1.90. The number of aromatic nitrogens is 2. The molecule has 4 nitrogen and oxygen atoms in total. The smallest absolute Gasteiger partial charge is 0.239 e. The van der Waals surface area contributed by atoms with Gasteiger partial charge in [0.25, 0.3) is 0 Å². The lowest BCUT2D eigenvalue weighted by atomic mass is 10.2. The van der Waals surface area contributed by atoms with Gasteiger partial charge in [-0.1, -0.05) is 35.5 Å². The zero-order chi connectivity index (χ0) is 14.5. The Labute approximate surface area is 129 Å². The van der Waals surface area contributed by atoms with Gasteiger partial charge in [-0.15, -0.1) is 0 Å². The molecular formula is C15H14N2O2S2. The van der Waals surface area contributed by atoms with Crippen molar-refractivity contribution in [1.82, 2.24) is 10.1 Å². The second-order valence-corrected chi connectivity index (χ2v) is 6.90. The average Bonchev–Trinajstić information content (AvgIpc) is 3.17. The maximum Gasteiger partial charge on any atom is 0.239 e. The highest BCUT2D eigenvalue weighted by atomic mass is 32.2. The van der Waals surface area contributed by atoms with Crippen LogP contribution in [0.1, 0.15) is 11.5 Å². The van der Waals surface area contributed by atoms with Crippen LogP contribution in [-0.4, -0.2) is 20.1 Å². The molecule has 0 saturated heterocycles. The van der Waals surface area contributed by atoms with Gasteiger partial charge in [-0.25, -0.2) is 0 Å². The largest absolute Gasteiger partial charge is 0.338 e. The number of aryl methyl sites for hydroxylation is 1. The van der Waals surface area contributed by atoms with Crippen LogP contribution in [0, 0.1) is 0 Å². The highest BCUT2D eigenvalue weighted by Gasteiger charge is 2.12. The lowest BCUT2D eigenvalue weighted by Gasteiger charge is -2.00. The van der Waals surface area contributed by atoms with E-state index in [4.69, 9.17) is 4.52 Å². The van der Waals surface area contributed by atoms with E-state index >= 15 is 0 Å². The molecule has 0 bridgehead atoms. The molecule has 2 heterocycles. The van der Waals surface area contributed by atoms with E-state index in [0.29, 0.717) is 23.2 Å². The van der Waals surface area contributed by atoms with E-state index in [1.807, 2.05) is 47.2 Å². The summed E-state index contributed by atoms with van der Waals surface area (Å²) < 4.78 is 17.2. The van der Waals surface area contributed by atoms with Crippen molar-refractivity contribution < 1.29 is 8.73 Å². The fourth-order valence-electron chi connectivity index (χ4n) is 1.91. The molecule has 0 saturated carbocycles.